The third kappa shape index (κ3) is 2.30. The van der Waals surface area contributed by atoms with Gasteiger partial charge in [0.1, 0.15) is 11.8 Å². The number of hydrogen-bond acceptors (Lipinski definition) is 2. The van der Waals surface area contributed by atoms with Gasteiger partial charge in [-0.25, -0.2) is 0 Å². The maximum Gasteiger partial charge on any atom is 0.120 e. The molecular formula is C15H23N3. The van der Waals surface area contributed by atoms with Crippen molar-refractivity contribution in [1.82, 2.24) is 9.88 Å². The summed E-state index contributed by atoms with van der Waals surface area (Å²) in [7, 11) is 1.96. The minimum Gasteiger partial charge on any atom is -0.340 e. The number of aromatic nitrogens is 1. The molecule has 0 bridgehead atoms. The molecule has 3 nitrogen and oxygen atoms in total. The number of nitrogens with zero attached hydrogens (tertiary/aromatic N) is 2. The highest BCUT2D eigenvalue weighted by molar-refractivity contribution is 5.34. The Morgan fingerprint density at radius 2 is 2.28 bits per heavy atom. The summed E-state index contributed by atoms with van der Waals surface area (Å²) in [6.45, 7) is 7.64. The van der Waals surface area contributed by atoms with Crippen LogP contribution < -0.4 is 5.32 Å². The minimum atomic E-state index is 0.404. The van der Waals surface area contributed by atoms with Crippen LogP contribution in [0.1, 0.15) is 50.1 Å². The molecule has 98 valence electrons. The maximum absolute atomic E-state index is 9.03. The van der Waals surface area contributed by atoms with Crippen LogP contribution in [0.25, 0.3) is 0 Å². The highest BCUT2D eigenvalue weighted by atomic mass is 15.0. The summed E-state index contributed by atoms with van der Waals surface area (Å²) in [6, 6.07) is 4.84. The van der Waals surface area contributed by atoms with Crippen LogP contribution >= 0.6 is 0 Å². The molecular weight excluding hydrogens is 222 g/mol. The van der Waals surface area contributed by atoms with Gasteiger partial charge in [-0.15, -0.1) is 0 Å². The van der Waals surface area contributed by atoms with E-state index in [1.165, 1.54) is 30.5 Å². The van der Waals surface area contributed by atoms with E-state index < -0.39 is 0 Å². The Morgan fingerprint density at radius 3 is 2.78 bits per heavy atom. The van der Waals surface area contributed by atoms with Gasteiger partial charge in [0.25, 0.3) is 0 Å². The summed E-state index contributed by atoms with van der Waals surface area (Å²) >= 11 is 0. The summed E-state index contributed by atoms with van der Waals surface area (Å²) in [4.78, 5) is 0. The monoisotopic (exact) mass is 245 g/mol. The normalized spacial score (nSPS) is 22.1. The average Bonchev–Trinajstić information content (AvgIpc) is 2.79. The predicted octanol–water partition coefficient (Wildman–Crippen LogP) is 2.87. The molecule has 0 aliphatic heterocycles. The van der Waals surface area contributed by atoms with Crippen molar-refractivity contribution in [1.29, 1.82) is 5.26 Å². The maximum atomic E-state index is 9.03. The quantitative estimate of drug-likeness (QED) is 0.889. The number of nitriles is 1. The van der Waals surface area contributed by atoms with E-state index in [9.17, 15) is 0 Å². The minimum absolute atomic E-state index is 0.404. The molecule has 18 heavy (non-hydrogen) atoms. The van der Waals surface area contributed by atoms with Gasteiger partial charge in [-0.3, -0.25) is 0 Å². The number of rotatable bonds is 3. The summed E-state index contributed by atoms with van der Waals surface area (Å²) in [5, 5.41) is 12.7. The third-order valence-electron chi connectivity index (χ3n) is 4.55. The molecule has 1 fully saturated rings. The zero-order chi connectivity index (χ0) is 13.3. The summed E-state index contributed by atoms with van der Waals surface area (Å²) in [5.41, 5.74) is 3.59. The Hall–Kier alpha value is -1.27. The second-order valence-electron chi connectivity index (χ2n) is 6.13. The molecule has 0 saturated heterocycles. The van der Waals surface area contributed by atoms with Crippen molar-refractivity contribution in [2.24, 2.45) is 12.5 Å². The number of hydrogen-bond donors (Lipinski definition) is 1. The first kappa shape index (κ1) is 13.2. The molecule has 1 aromatic heterocycles. The lowest BCUT2D eigenvalue weighted by Crippen LogP contribution is -2.37. The molecule has 1 heterocycles. The first-order chi connectivity index (χ1) is 8.45. The van der Waals surface area contributed by atoms with E-state index in [0.717, 1.165) is 12.2 Å². The van der Waals surface area contributed by atoms with Crippen LogP contribution in [0.15, 0.2) is 6.07 Å². The van der Waals surface area contributed by atoms with E-state index in [0.29, 0.717) is 11.5 Å². The fraction of sp³-hybridized carbons (Fsp3) is 0.667. The molecule has 1 N–H and O–H groups in total. The second-order valence-corrected chi connectivity index (χ2v) is 6.13. The molecule has 1 aliphatic carbocycles. The van der Waals surface area contributed by atoms with Crippen LogP contribution in [0.4, 0.5) is 0 Å². The first-order valence-corrected chi connectivity index (χ1v) is 6.74. The van der Waals surface area contributed by atoms with Crippen LogP contribution in [-0.4, -0.2) is 10.6 Å². The van der Waals surface area contributed by atoms with Gasteiger partial charge in [0.15, 0.2) is 0 Å². The molecule has 0 aromatic carbocycles. The molecule has 1 saturated carbocycles. The van der Waals surface area contributed by atoms with Crippen LogP contribution in [0.2, 0.25) is 0 Å². The Kier molecular flexibility index (Phi) is 3.49. The number of nitrogens with one attached hydrogen (secondary N) is 1. The van der Waals surface area contributed by atoms with Gasteiger partial charge in [-0.05, 0) is 36.8 Å². The van der Waals surface area contributed by atoms with Crippen LogP contribution in [0.3, 0.4) is 0 Å². The molecule has 1 aromatic rings. The van der Waals surface area contributed by atoms with E-state index in [4.69, 9.17) is 5.26 Å². The highest BCUT2D eigenvalue weighted by Gasteiger charge is 2.33. The second kappa shape index (κ2) is 4.78. The van der Waals surface area contributed by atoms with Gasteiger partial charge in [0.2, 0.25) is 0 Å². The zero-order valence-electron chi connectivity index (χ0n) is 11.9. The van der Waals surface area contributed by atoms with E-state index in [-0.39, 0.29) is 0 Å². The lowest BCUT2D eigenvalue weighted by molar-refractivity contribution is 0.282. The predicted molar refractivity (Wildman–Crippen MR) is 73.1 cm³/mol. The Bertz CT molecular complexity index is 477. The van der Waals surface area contributed by atoms with E-state index >= 15 is 0 Å². The van der Waals surface area contributed by atoms with Crippen molar-refractivity contribution in [2.75, 3.05) is 0 Å². The van der Waals surface area contributed by atoms with Gasteiger partial charge in [-0.1, -0.05) is 20.3 Å². The van der Waals surface area contributed by atoms with E-state index in [2.05, 4.69) is 32.2 Å². The van der Waals surface area contributed by atoms with Gasteiger partial charge in [-0.2, -0.15) is 5.26 Å². The summed E-state index contributed by atoms with van der Waals surface area (Å²) in [6.07, 6.45) is 3.90. The lowest BCUT2D eigenvalue weighted by atomic mass is 9.87. The lowest BCUT2D eigenvalue weighted by Gasteiger charge is -2.28. The molecule has 1 aliphatic rings. The van der Waals surface area contributed by atoms with E-state index in [1.54, 1.807) is 0 Å². The summed E-state index contributed by atoms with van der Waals surface area (Å²) < 4.78 is 1.97. The summed E-state index contributed by atoms with van der Waals surface area (Å²) in [5.74, 6) is 0. The largest absolute Gasteiger partial charge is 0.340 e. The van der Waals surface area contributed by atoms with Crippen molar-refractivity contribution in [3.8, 4) is 6.07 Å². The van der Waals surface area contributed by atoms with Gasteiger partial charge in [0, 0.05) is 25.3 Å². The fourth-order valence-electron chi connectivity index (χ4n) is 2.99. The van der Waals surface area contributed by atoms with Crippen molar-refractivity contribution in [2.45, 2.75) is 52.6 Å². The van der Waals surface area contributed by atoms with Gasteiger partial charge >= 0.3 is 0 Å². The topological polar surface area (TPSA) is 40.8 Å². The standard InChI is InChI=1S/C15H23N3/c1-11-12(8-13(9-16)18(11)4)10-17-14-6-5-7-15(14,2)3/h8,14,17H,5-7,10H2,1-4H3. The Balaban J connectivity index is 2.05. The van der Waals surface area contributed by atoms with Gasteiger partial charge < -0.3 is 9.88 Å². The molecule has 0 spiro atoms. The SMILES string of the molecule is Cc1c(CNC2CCCC2(C)C)cc(C#N)n1C. The van der Waals surface area contributed by atoms with Crippen molar-refractivity contribution >= 4 is 0 Å². The van der Waals surface area contributed by atoms with Gasteiger partial charge in [0.05, 0.1) is 0 Å². The Morgan fingerprint density at radius 1 is 1.56 bits per heavy atom. The van der Waals surface area contributed by atoms with E-state index in [1.807, 2.05) is 17.7 Å². The molecule has 2 rings (SSSR count). The highest BCUT2D eigenvalue weighted by Crippen LogP contribution is 2.37. The van der Waals surface area contributed by atoms with Crippen LogP contribution in [-0.2, 0) is 13.6 Å². The molecule has 0 amide bonds. The third-order valence-corrected chi connectivity index (χ3v) is 4.55. The fourth-order valence-corrected chi connectivity index (χ4v) is 2.99. The van der Waals surface area contributed by atoms with Crippen molar-refractivity contribution in [3.05, 3.63) is 23.0 Å². The van der Waals surface area contributed by atoms with Crippen molar-refractivity contribution in [3.63, 3.8) is 0 Å². The smallest absolute Gasteiger partial charge is 0.120 e. The molecule has 1 atom stereocenters. The van der Waals surface area contributed by atoms with Crippen LogP contribution in [0.5, 0.6) is 0 Å². The molecule has 3 heteroatoms. The first-order valence-electron chi connectivity index (χ1n) is 6.74. The average molecular weight is 245 g/mol. The zero-order valence-corrected chi connectivity index (χ0v) is 11.9. The molecule has 0 radical (unpaired) electrons. The molecule has 1 unspecified atom stereocenters. The Labute approximate surface area is 110 Å². The van der Waals surface area contributed by atoms with Crippen LogP contribution in [0, 0.1) is 23.7 Å². The van der Waals surface area contributed by atoms with Crippen molar-refractivity contribution < 1.29 is 0 Å².